The van der Waals surface area contributed by atoms with Gasteiger partial charge in [0.25, 0.3) is 0 Å². The molecule has 0 unspecified atom stereocenters. The number of fused-ring (bicyclic) bond motifs is 7. The number of aliphatic hydroxyl groups is 1. The number of carbonyl (C=O) groups is 1. The molecule has 0 aromatic carbocycles. The topological polar surface area (TPSA) is 37.3 Å². The second kappa shape index (κ2) is 6.64. The van der Waals surface area contributed by atoms with Crippen LogP contribution in [0.15, 0.2) is 0 Å². The van der Waals surface area contributed by atoms with E-state index < -0.39 is 0 Å². The molecule has 0 aromatic heterocycles. The molecule has 182 valence electrons. The lowest BCUT2D eigenvalue weighted by Gasteiger charge is -2.74. The van der Waals surface area contributed by atoms with E-state index in [1.165, 1.54) is 44.9 Å². The molecule has 1 N–H and O–H groups in total. The molecule has 0 radical (unpaired) electrons. The maximum absolute atomic E-state index is 14.2. The Balaban J connectivity index is 1.59. The highest BCUT2D eigenvalue weighted by molar-refractivity contribution is 5.85. The second-order valence-corrected chi connectivity index (χ2v) is 15.5. The van der Waals surface area contributed by atoms with Crippen molar-refractivity contribution in [1.29, 1.82) is 0 Å². The first-order valence-electron chi connectivity index (χ1n) is 13.8. The van der Waals surface area contributed by atoms with Crippen molar-refractivity contribution < 1.29 is 9.90 Å². The van der Waals surface area contributed by atoms with Gasteiger partial charge in [0.15, 0.2) is 0 Å². The maximum Gasteiger partial charge on any atom is 0.137 e. The predicted octanol–water partition coefficient (Wildman–Crippen LogP) is 7.43. The molecular formula is C30H50O2. The van der Waals surface area contributed by atoms with Gasteiger partial charge in [0.1, 0.15) is 5.78 Å². The van der Waals surface area contributed by atoms with Crippen LogP contribution in [0.5, 0.6) is 0 Å². The Kier molecular flexibility index (Phi) is 4.85. The minimum Gasteiger partial charge on any atom is -0.393 e. The quantitative estimate of drug-likeness (QED) is 0.423. The Morgan fingerprint density at radius 3 is 2.06 bits per heavy atom. The summed E-state index contributed by atoms with van der Waals surface area (Å²) in [5, 5.41) is 10.7. The summed E-state index contributed by atoms with van der Waals surface area (Å²) in [4.78, 5) is 14.2. The number of hydrogen-bond donors (Lipinski definition) is 1. The van der Waals surface area contributed by atoms with E-state index in [0.717, 1.165) is 18.8 Å². The van der Waals surface area contributed by atoms with Crippen LogP contribution in [-0.4, -0.2) is 17.0 Å². The van der Waals surface area contributed by atoms with Crippen LogP contribution in [0.25, 0.3) is 0 Å². The van der Waals surface area contributed by atoms with E-state index >= 15 is 0 Å². The zero-order valence-electron chi connectivity index (χ0n) is 22.3. The molecule has 0 heterocycles. The summed E-state index contributed by atoms with van der Waals surface area (Å²) in [7, 11) is 0. The summed E-state index contributed by atoms with van der Waals surface area (Å²) in [5.41, 5.74) is 1.29. The number of ketones is 1. The lowest BCUT2D eigenvalue weighted by atomic mass is 9.30. The van der Waals surface area contributed by atoms with Crippen LogP contribution in [0.1, 0.15) is 120 Å². The highest BCUT2D eigenvalue weighted by Gasteiger charge is 2.72. The van der Waals surface area contributed by atoms with Crippen LogP contribution in [-0.2, 0) is 4.79 Å². The van der Waals surface area contributed by atoms with Crippen LogP contribution in [0.3, 0.4) is 0 Å². The number of Topliss-reactive ketones (excluding diaryl/α,β-unsaturated/α-hetero) is 1. The van der Waals surface area contributed by atoms with E-state index in [1.54, 1.807) is 0 Å². The van der Waals surface area contributed by atoms with Crippen LogP contribution < -0.4 is 0 Å². The van der Waals surface area contributed by atoms with E-state index in [1.807, 2.05) is 0 Å². The monoisotopic (exact) mass is 442 g/mol. The molecule has 0 aromatic rings. The van der Waals surface area contributed by atoms with Crippen molar-refractivity contribution in [2.45, 2.75) is 126 Å². The molecule has 0 bridgehead atoms. The van der Waals surface area contributed by atoms with Gasteiger partial charge in [-0.25, -0.2) is 0 Å². The first-order chi connectivity index (χ1) is 14.6. The fourth-order valence-electron chi connectivity index (χ4n) is 11.2. The van der Waals surface area contributed by atoms with Crippen molar-refractivity contribution in [1.82, 2.24) is 0 Å². The normalized spacial score (nSPS) is 59.4. The molecule has 5 aliphatic carbocycles. The van der Waals surface area contributed by atoms with Crippen molar-refractivity contribution >= 4 is 5.78 Å². The van der Waals surface area contributed by atoms with Gasteiger partial charge in [0.05, 0.1) is 6.10 Å². The van der Waals surface area contributed by atoms with Crippen molar-refractivity contribution in [3.8, 4) is 0 Å². The molecule has 5 aliphatic rings. The molecule has 2 heteroatoms. The molecule has 0 saturated heterocycles. The number of rotatable bonds is 0. The van der Waals surface area contributed by atoms with Gasteiger partial charge in [-0.1, -0.05) is 55.4 Å². The predicted molar refractivity (Wildman–Crippen MR) is 131 cm³/mol. The zero-order valence-corrected chi connectivity index (χ0v) is 22.3. The summed E-state index contributed by atoms with van der Waals surface area (Å²) < 4.78 is 0. The van der Waals surface area contributed by atoms with Gasteiger partial charge in [0, 0.05) is 12.3 Å². The van der Waals surface area contributed by atoms with Crippen molar-refractivity contribution in [3.05, 3.63) is 0 Å². The molecule has 5 fully saturated rings. The zero-order chi connectivity index (χ0) is 23.5. The fourth-order valence-corrected chi connectivity index (χ4v) is 11.2. The van der Waals surface area contributed by atoms with Crippen molar-refractivity contribution in [2.24, 2.45) is 56.2 Å². The molecule has 10 atom stereocenters. The molecular weight excluding hydrogens is 392 g/mol. The highest BCUT2D eigenvalue weighted by Crippen LogP contribution is 2.77. The van der Waals surface area contributed by atoms with Crippen molar-refractivity contribution in [2.75, 3.05) is 0 Å². The third-order valence-electron chi connectivity index (χ3n) is 13.6. The Bertz CT molecular complexity index is 816. The molecule has 32 heavy (non-hydrogen) atoms. The van der Waals surface area contributed by atoms with E-state index in [4.69, 9.17) is 0 Å². The Hall–Kier alpha value is -0.370. The van der Waals surface area contributed by atoms with Gasteiger partial charge < -0.3 is 5.11 Å². The molecule has 5 saturated carbocycles. The lowest BCUT2D eigenvalue weighted by Crippen LogP contribution is -2.70. The van der Waals surface area contributed by atoms with E-state index in [2.05, 4.69) is 55.4 Å². The third kappa shape index (κ3) is 2.71. The van der Waals surface area contributed by atoms with E-state index in [-0.39, 0.29) is 39.6 Å². The SMILES string of the molecule is C[C@H]1[C@@H](O)CC[C@@H]2[C@]1(C)CC(=O)[C@H]1[C@@]2(C)CC[C@@]2(C)[C@@H]3CC(C)(C)CC[C@]3(C)CC[C@]12C. The summed E-state index contributed by atoms with van der Waals surface area (Å²) in [6.07, 6.45) is 11.5. The van der Waals surface area contributed by atoms with Crippen molar-refractivity contribution in [3.63, 3.8) is 0 Å². The van der Waals surface area contributed by atoms with Crippen LogP contribution in [0.2, 0.25) is 0 Å². The van der Waals surface area contributed by atoms with Crippen LogP contribution >= 0.6 is 0 Å². The molecule has 5 rings (SSSR count). The van der Waals surface area contributed by atoms with E-state index in [9.17, 15) is 9.90 Å². The molecule has 2 nitrogen and oxygen atoms in total. The summed E-state index contributed by atoms with van der Waals surface area (Å²) in [5.74, 6) is 2.25. The van der Waals surface area contributed by atoms with Gasteiger partial charge in [-0.2, -0.15) is 0 Å². The summed E-state index contributed by atoms with van der Waals surface area (Å²) >= 11 is 0. The Labute approximate surface area is 197 Å². The Morgan fingerprint density at radius 1 is 0.750 bits per heavy atom. The first kappa shape index (κ1) is 23.4. The maximum atomic E-state index is 14.2. The van der Waals surface area contributed by atoms with Crippen LogP contribution in [0, 0.1) is 56.2 Å². The number of aliphatic hydroxyl groups excluding tert-OH is 1. The smallest absolute Gasteiger partial charge is 0.137 e. The standard InChI is InChI=1S/C30H50O2/c1-19-20(31)9-10-22-27(5)14-16-29(7)23-18-25(2,3)11-12-26(23,4)13-15-30(29,8)24(27)21(32)17-28(19,22)6/h19-20,22-24,31H,9-18H2,1-8H3/t19-,20-,22-,23+,24-,26+,27-,28+,29-,30+/m0/s1. The Morgan fingerprint density at radius 2 is 1.38 bits per heavy atom. The summed E-state index contributed by atoms with van der Waals surface area (Å²) in [6.45, 7) is 19.8. The first-order valence-corrected chi connectivity index (χ1v) is 13.8. The van der Waals surface area contributed by atoms with Gasteiger partial charge >= 0.3 is 0 Å². The molecule has 0 aliphatic heterocycles. The highest BCUT2D eigenvalue weighted by atomic mass is 16.3. The molecule has 0 spiro atoms. The minimum absolute atomic E-state index is 0.0416. The van der Waals surface area contributed by atoms with Gasteiger partial charge in [0.2, 0.25) is 0 Å². The fraction of sp³-hybridized carbons (Fsp3) is 0.967. The van der Waals surface area contributed by atoms with Crippen LogP contribution in [0.4, 0.5) is 0 Å². The molecule has 0 amide bonds. The average Bonchev–Trinajstić information content (AvgIpc) is 2.69. The number of carbonyl (C=O) groups excluding carboxylic acids is 1. The largest absolute Gasteiger partial charge is 0.393 e. The summed E-state index contributed by atoms with van der Waals surface area (Å²) in [6, 6.07) is 0. The second-order valence-electron chi connectivity index (χ2n) is 15.5. The lowest BCUT2D eigenvalue weighted by molar-refractivity contribution is -0.252. The average molecular weight is 443 g/mol. The van der Waals surface area contributed by atoms with Gasteiger partial charge in [-0.05, 0) is 108 Å². The van der Waals surface area contributed by atoms with Gasteiger partial charge in [-0.15, -0.1) is 0 Å². The van der Waals surface area contributed by atoms with E-state index in [0.29, 0.717) is 29.0 Å². The number of hydrogen-bond acceptors (Lipinski definition) is 2. The third-order valence-corrected chi connectivity index (χ3v) is 13.6. The van der Waals surface area contributed by atoms with Gasteiger partial charge in [-0.3, -0.25) is 4.79 Å². The minimum atomic E-state index is -0.242.